The third kappa shape index (κ3) is 5.81. The second-order valence-electron chi connectivity index (χ2n) is 7.43. The molecule has 0 fully saturated rings. The first kappa shape index (κ1) is 24.9. The van der Waals surface area contributed by atoms with Crippen molar-refractivity contribution in [1.82, 2.24) is 4.31 Å². The molecule has 0 radical (unpaired) electrons. The zero-order valence-corrected chi connectivity index (χ0v) is 19.9. The molecule has 0 spiro atoms. The average molecular weight is 483 g/mol. The van der Waals surface area contributed by atoms with Crippen molar-refractivity contribution in [1.29, 1.82) is 0 Å². The number of rotatable bonds is 9. The summed E-state index contributed by atoms with van der Waals surface area (Å²) >= 11 is 0. The van der Waals surface area contributed by atoms with Crippen LogP contribution in [0, 0.1) is 0 Å². The number of benzene rings is 3. The number of nitrogens with one attached hydrogen (secondary N) is 1. The summed E-state index contributed by atoms with van der Waals surface area (Å²) in [7, 11) is -0.795. The summed E-state index contributed by atoms with van der Waals surface area (Å²) in [5.74, 6) is -0.830. The Bertz CT molecular complexity index is 1240. The van der Waals surface area contributed by atoms with Crippen molar-refractivity contribution in [3.8, 4) is 5.75 Å². The van der Waals surface area contributed by atoms with Crippen molar-refractivity contribution in [3.63, 3.8) is 0 Å². The van der Waals surface area contributed by atoms with Gasteiger partial charge in [0.05, 0.1) is 22.8 Å². The molecule has 34 heavy (non-hydrogen) atoms. The van der Waals surface area contributed by atoms with Crippen LogP contribution in [0.25, 0.3) is 0 Å². The third-order valence-corrected chi connectivity index (χ3v) is 6.71. The lowest BCUT2D eigenvalue weighted by Crippen LogP contribution is -2.26. The number of ether oxygens (including phenoxy) is 2. The highest BCUT2D eigenvalue weighted by molar-refractivity contribution is 7.89. The van der Waals surface area contributed by atoms with Crippen LogP contribution in [-0.2, 0) is 19.6 Å². The van der Waals surface area contributed by atoms with Crippen LogP contribution in [0.1, 0.15) is 28.9 Å². The topological polar surface area (TPSA) is 102 Å². The van der Waals surface area contributed by atoms with E-state index >= 15 is 0 Å². The zero-order chi connectivity index (χ0) is 24.7. The summed E-state index contributed by atoms with van der Waals surface area (Å²) in [6.07, 6.45) is -1.24. The lowest BCUT2D eigenvalue weighted by molar-refractivity contribution is -0.125. The van der Waals surface area contributed by atoms with Crippen LogP contribution in [0.3, 0.4) is 0 Å². The van der Waals surface area contributed by atoms with Gasteiger partial charge >= 0.3 is 5.97 Å². The number of esters is 1. The van der Waals surface area contributed by atoms with Crippen molar-refractivity contribution in [2.45, 2.75) is 17.9 Å². The van der Waals surface area contributed by atoms with Gasteiger partial charge in [-0.1, -0.05) is 42.5 Å². The molecule has 0 unspecified atom stereocenters. The molecule has 0 bridgehead atoms. The molecule has 178 valence electrons. The normalized spacial score (nSPS) is 12.1. The van der Waals surface area contributed by atoms with Gasteiger partial charge in [0.1, 0.15) is 5.75 Å². The highest BCUT2D eigenvalue weighted by Gasteiger charge is 2.27. The van der Waals surface area contributed by atoms with E-state index in [4.69, 9.17) is 9.47 Å². The fourth-order valence-electron chi connectivity index (χ4n) is 3.10. The maximum absolute atomic E-state index is 13.2. The maximum Gasteiger partial charge on any atom is 0.339 e. The Morgan fingerprint density at radius 2 is 1.53 bits per heavy atom. The van der Waals surface area contributed by atoms with E-state index in [0.29, 0.717) is 23.6 Å². The van der Waals surface area contributed by atoms with Gasteiger partial charge in [0, 0.05) is 19.7 Å². The molecule has 3 rings (SSSR count). The first-order valence-electron chi connectivity index (χ1n) is 10.5. The number of anilines is 1. The van der Waals surface area contributed by atoms with Crippen LogP contribution in [0.15, 0.2) is 83.8 Å². The third-order valence-electron chi connectivity index (χ3n) is 4.88. The molecule has 0 saturated heterocycles. The van der Waals surface area contributed by atoms with E-state index in [1.54, 1.807) is 54.6 Å². The standard InChI is InChI=1S/C25H26N2O6S/c1-4-32-22-13-9-8-12-21(22)26-24(28)23(18-10-6-5-7-11-18)33-25(29)19-14-16-20(17-15-19)34(30,31)27(2)3/h5-17,23H,4H2,1-3H3,(H,26,28)/t23-/m1/s1. The monoisotopic (exact) mass is 482 g/mol. The molecule has 0 aliphatic rings. The van der Waals surface area contributed by atoms with Gasteiger partial charge in [-0.2, -0.15) is 0 Å². The van der Waals surface area contributed by atoms with Gasteiger partial charge in [0.2, 0.25) is 16.1 Å². The summed E-state index contributed by atoms with van der Waals surface area (Å²) in [5, 5.41) is 2.77. The molecule has 1 N–H and O–H groups in total. The molecule has 1 amide bonds. The second-order valence-corrected chi connectivity index (χ2v) is 9.58. The molecule has 3 aromatic carbocycles. The number of hydrogen-bond donors (Lipinski definition) is 1. The Morgan fingerprint density at radius 3 is 2.15 bits per heavy atom. The largest absolute Gasteiger partial charge is 0.492 e. The van der Waals surface area contributed by atoms with Crippen molar-refractivity contribution >= 4 is 27.6 Å². The van der Waals surface area contributed by atoms with Crippen LogP contribution < -0.4 is 10.1 Å². The van der Waals surface area contributed by atoms with Crippen LogP contribution in [-0.4, -0.2) is 45.3 Å². The highest BCUT2D eigenvalue weighted by Crippen LogP contribution is 2.27. The van der Waals surface area contributed by atoms with E-state index in [9.17, 15) is 18.0 Å². The Kier molecular flexibility index (Phi) is 8.04. The van der Waals surface area contributed by atoms with Gasteiger partial charge < -0.3 is 14.8 Å². The quantitative estimate of drug-likeness (QED) is 0.465. The van der Waals surface area contributed by atoms with Crippen LogP contribution >= 0.6 is 0 Å². The second kappa shape index (κ2) is 11.0. The van der Waals surface area contributed by atoms with Crippen molar-refractivity contribution in [2.75, 3.05) is 26.0 Å². The number of nitrogens with zero attached hydrogens (tertiary/aromatic N) is 1. The SMILES string of the molecule is CCOc1ccccc1NC(=O)[C@H](OC(=O)c1ccc(S(=O)(=O)N(C)C)cc1)c1ccccc1. The molecule has 1 atom stereocenters. The Morgan fingerprint density at radius 1 is 0.912 bits per heavy atom. The van der Waals surface area contributed by atoms with E-state index in [1.807, 2.05) is 6.92 Å². The molecular weight excluding hydrogens is 456 g/mol. The summed E-state index contributed by atoms with van der Waals surface area (Å²) in [5.41, 5.74) is 1.04. The molecule has 9 heteroatoms. The smallest absolute Gasteiger partial charge is 0.339 e. The maximum atomic E-state index is 13.2. The van der Waals surface area contributed by atoms with Crippen molar-refractivity contribution in [2.24, 2.45) is 0 Å². The fraction of sp³-hybridized carbons (Fsp3) is 0.200. The van der Waals surface area contributed by atoms with Gasteiger partial charge in [0.25, 0.3) is 5.91 Å². The summed E-state index contributed by atoms with van der Waals surface area (Å²) in [6.45, 7) is 2.26. The highest BCUT2D eigenvalue weighted by atomic mass is 32.2. The van der Waals surface area contributed by atoms with E-state index in [2.05, 4.69) is 5.32 Å². The van der Waals surface area contributed by atoms with Gasteiger partial charge in [0.15, 0.2) is 0 Å². The van der Waals surface area contributed by atoms with E-state index in [0.717, 1.165) is 4.31 Å². The fourth-order valence-corrected chi connectivity index (χ4v) is 4.00. The summed E-state index contributed by atoms with van der Waals surface area (Å²) in [4.78, 5) is 26.1. The Hall–Kier alpha value is -3.69. The van der Waals surface area contributed by atoms with Crippen LogP contribution in [0.4, 0.5) is 5.69 Å². The molecule has 0 heterocycles. The van der Waals surface area contributed by atoms with Crippen molar-refractivity contribution in [3.05, 3.63) is 90.0 Å². The van der Waals surface area contributed by atoms with Crippen LogP contribution in [0.5, 0.6) is 5.75 Å². The molecular formula is C25H26N2O6S. The molecule has 0 saturated carbocycles. The zero-order valence-electron chi connectivity index (χ0n) is 19.1. The molecule has 8 nitrogen and oxygen atoms in total. The van der Waals surface area contributed by atoms with Crippen molar-refractivity contribution < 1.29 is 27.5 Å². The minimum atomic E-state index is -3.64. The van der Waals surface area contributed by atoms with Gasteiger partial charge in [-0.3, -0.25) is 4.79 Å². The lowest BCUT2D eigenvalue weighted by atomic mass is 10.1. The van der Waals surface area contributed by atoms with Gasteiger partial charge in [-0.25, -0.2) is 17.5 Å². The van der Waals surface area contributed by atoms with Gasteiger partial charge in [-0.15, -0.1) is 0 Å². The predicted molar refractivity (Wildman–Crippen MR) is 128 cm³/mol. The number of amides is 1. The first-order valence-corrected chi connectivity index (χ1v) is 12.0. The van der Waals surface area contributed by atoms with E-state index in [-0.39, 0.29) is 10.5 Å². The lowest BCUT2D eigenvalue weighted by Gasteiger charge is -2.19. The van der Waals surface area contributed by atoms with Crippen LogP contribution in [0.2, 0.25) is 0 Å². The Balaban J connectivity index is 1.85. The summed E-state index contributed by atoms with van der Waals surface area (Å²) in [6, 6.07) is 20.9. The van der Waals surface area contributed by atoms with Gasteiger partial charge in [-0.05, 0) is 43.3 Å². The number of para-hydroxylation sites is 2. The van der Waals surface area contributed by atoms with E-state index < -0.39 is 28.0 Å². The molecule has 0 aliphatic heterocycles. The minimum Gasteiger partial charge on any atom is -0.492 e. The predicted octanol–water partition coefficient (Wildman–Crippen LogP) is 3.87. The molecule has 0 aromatic heterocycles. The number of carbonyl (C=O) groups excluding carboxylic acids is 2. The van der Waals surface area contributed by atoms with E-state index in [1.165, 1.54) is 38.4 Å². The minimum absolute atomic E-state index is 0.0407. The molecule has 3 aromatic rings. The number of hydrogen-bond acceptors (Lipinski definition) is 6. The summed E-state index contributed by atoms with van der Waals surface area (Å²) < 4.78 is 36.7. The first-order chi connectivity index (χ1) is 16.2. The number of sulfonamides is 1. The number of carbonyl (C=O) groups is 2. The molecule has 0 aliphatic carbocycles. The Labute approximate surface area is 199 Å². The average Bonchev–Trinajstić information content (AvgIpc) is 2.84.